The van der Waals surface area contributed by atoms with E-state index in [0.717, 1.165) is 5.56 Å². The zero-order valence-corrected chi connectivity index (χ0v) is 13.6. The molecule has 6 heteroatoms. The number of methoxy groups -OCH3 is 2. The van der Waals surface area contributed by atoms with Gasteiger partial charge in [0.25, 0.3) is 0 Å². The van der Waals surface area contributed by atoms with Crippen LogP contribution in [-0.2, 0) is 0 Å². The van der Waals surface area contributed by atoms with Crippen molar-refractivity contribution in [3.8, 4) is 23.0 Å². The van der Waals surface area contributed by atoms with E-state index in [-0.39, 0.29) is 11.5 Å². The maximum Gasteiger partial charge on any atom is 0.210 e. The van der Waals surface area contributed by atoms with E-state index < -0.39 is 13.6 Å². The normalized spacial score (nSPS) is 10.7. The SMILES string of the molecule is COc1cc(/C=C/c2ccccc2)c(OC)c(OCO)c1OCO. The number of aliphatic hydroxyl groups is 2. The van der Waals surface area contributed by atoms with Crippen molar-refractivity contribution in [2.45, 2.75) is 0 Å². The molecule has 0 bridgehead atoms. The molecule has 2 aromatic rings. The Balaban J connectivity index is 2.54. The lowest BCUT2D eigenvalue weighted by Gasteiger charge is -2.18. The molecule has 6 nitrogen and oxygen atoms in total. The second kappa shape index (κ2) is 8.81. The molecule has 0 saturated carbocycles. The molecule has 0 aliphatic heterocycles. The van der Waals surface area contributed by atoms with Crippen LogP contribution in [0.3, 0.4) is 0 Å². The molecule has 0 heterocycles. The fraction of sp³-hybridized carbons (Fsp3) is 0.222. The van der Waals surface area contributed by atoms with Gasteiger partial charge in [0.2, 0.25) is 11.5 Å². The summed E-state index contributed by atoms with van der Waals surface area (Å²) in [6, 6.07) is 11.5. The van der Waals surface area contributed by atoms with Gasteiger partial charge in [0.1, 0.15) is 0 Å². The third-order valence-corrected chi connectivity index (χ3v) is 3.28. The monoisotopic (exact) mass is 332 g/mol. The Morgan fingerprint density at radius 3 is 2.08 bits per heavy atom. The average molecular weight is 332 g/mol. The van der Waals surface area contributed by atoms with Crippen LogP contribution in [0.4, 0.5) is 0 Å². The summed E-state index contributed by atoms with van der Waals surface area (Å²) in [4.78, 5) is 0. The molecule has 0 spiro atoms. The van der Waals surface area contributed by atoms with E-state index in [2.05, 4.69) is 0 Å². The summed E-state index contributed by atoms with van der Waals surface area (Å²) in [6.45, 7) is -1.15. The molecule has 0 aliphatic rings. The van der Waals surface area contributed by atoms with Crippen LogP contribution < -0.4 is 18.9 Å². The standard InChI is InChI=1S/C18H20O6/c1-21-15-10-14(9-8-13-6-4-3-5-7-13)16(22-2)18(24-12-20)17(15)23-11-19/h3-10,19-20H,11-12H2,1-2H3/b9-8+. The van der Waals surface area contributed by atoms with Crippen LogP contribution >= 0.6 is 0 Å². The highest BCUT2D eigenvalue weighted by Gasteiger charge is 2.21. The number of ether oxygens (including phenoxy) is 4. The molecule has 0 amide bonds. The number of hydrogen-bond donors (Lipinski definition) is 2. The third kappa shape index (κ3) is 3.98. The van der Waals surface area contributed by atoms with Crippen LogP contribution in [0.1, 0.15) is 11.1 Å². The first kappa shape index (κ1) is 17.7. The summed E-state index contributed by atoms with van der Waals surface area (Å²) in [5, 5.41) is 18.2. The largest absolute Gasteiger partial charge is 0.493 e. The lowest BCUT2D eigenvalue weighted by molar-refractivity contribution is 0.0699. The van der Waals surface area contributed by atoms with Gasteiger partial charge in [-0.2, -0.15) is 0 Å². The van der Waals surface area contributed by atoms with E-state index in [4.69, 9.17) is 29.2 Å². The fourth-order valence-electron chi connectivity index (χ4n) is 2.25. The van der Waals surface area contributed by atoms with Crippen LogP contribution in [0.15, 0.2) is 36.4 Å². The van der Waals surface area contributed by atoms with E-state index in [1.807, 2.05) is 42.5 Å². The van der Waals surface area contributed by atoms with Gasteiger partial charge in [0.15, 0.2) is 25.1 Å². The van der Waals surface area contributed by atoms with Crippen molar-refractivity contribution in [1.29, 1.82) is 0 Å². The molecule has 2 aromatic carbocycles. The van der Waals surface area contributed by atoms with E-state index in [1.54, 1.807) is 6.07 Å². The van der Waals surface area contributed by atoms with Gasteiger partial charge in [-0.15, -0.1) is 0 Å². The molecule has 24 heavy (non-hydrogen) atoms. The summed E-state index contributed by atoms with van der Waals surface area (Å²) < 4.78 is 21.1. The van der Waals surface area contributed by atoms with Crippen LogP contribution in [-0.4, -0.2) is 38.0 Å². The van der Waals surface area contributed by atoms with Gasteiger partial charge >= 0.3 is 0 Å². The highest BCUT2D eigenvalue weighted by Crippen LogP contribution is 2.47. The Kier molecular flexibility index (Phi) is 6.48. The van der Waals surface area contributed by atoms with E-state index in [9.17, 15) is 0 Å². The molecule has 128 valence electrons. The molecule has 0 radical (unpaired) electrons. The number of aliphatic hydroxyl groups excluding tert-OH is 2. The highest BCUT2D eigenvalue weighted by atomic mass is 16.6. The summed E-state index contributed by atoms with van der Waals surface area (Å²) in [5.74, 6) is 1.02. The summed E-state index contributed by atoms with van der Waals surface area (Å²) in [7, 11) is 2.95. The summed E-state index contributed by atoms with van der Waals surface area (Å²) in [5.41, 5.74) is 1.69. The van der Waals surface area contributed by atoms with Gasteiger partial charge in [0, 0.05) is 5.56 Å². The second-order valence-corrected chi connectivity index (χ2v) is 4.65. The minimum Gasteiger partial charge on any atom is -0.493 e. The maximum atomic E-state index is 9.14. The summed E-state index contributed by atoms with van der Waals surface area (Å²) in [6.07, 6.45) is 3.75. The van der Waals surface area contributed by atoms with Crippen molar-refractivity contribution < 1.29 is 29.2 Å². The quantitative estimate of drug-likeness (QED) is 0.571. The van der Waals surface area contributed by atoms with Gasteiger partial charge in [-0.05, 0) is 11.6 Å². The van der Waals surface area contributed by atoms with Crippen molar-refractivity contribution in [2.24, 2.45) is 0 Å². The Morgan fingerprint density at radius 2 is 1.50 bits per heavy atom. The van der Waals surface area contributed by atoms with Crippen molar-refractivity contribution in [3.05, 3.63) is 47.5 Å². The highest BCUT2D eigenvalue weighted by molar-refractivity contribution is 5.78. The maximum absolute atomic E-state index is 9.14. The molecule has 0 aromatic heterocycles. The van der Waals surface area contributed by atoms with E-state index in [1.165, 1.54) is 14.2 Å². The third-order valence-electron chi connectivity index (χ3n) is 3.28. The van der Waals surface area contributed by atoms with E-state index >= 15 is 0 Å². The Hall–Kier alpha value is -2.70. The van der Waals surface area contributed by atoms with Crippen LogP contribution in [0.5, 0.6) is 23.0 Å². The topological polar surface area (TPSA) is 77.4 Å². The zero-order chi connectivity index (χ0) is 17.4. The minimum atomic E-state index is -0.576. The molecule has 0 atom stereocenters. The van der Waals surface area contributed by atoms with Crippen molar-refractivity contribution in [3.63, 3.8) is 0 Å². The van der Waals surface area contributed by atoms with E-state index in [0.29, 0.717) is 17.1 Å². The fourth-order valence-corrected chi connectivity index (χ4v) is 2.25. The van der Waals surface area contributed by atoms with Gasteiger partial charge in [-0.25, -0.2) is 0 Å². The predicted molar refractivity (Wildman–Crippen MR) is 90.3 cm³/mol. The summed E-state index contributed by atoms with van der Waals surface area (Å²) >= 11 is 0. The molecule has 2 rings (SSSR count). The van der Waals surface area contributed by atoms with Gasteiger partial charge in [-0.3, -0.25) is 0 Å². The van der Waals surface area contributed by atoms with Gasteiger partial charge in [0.05, 0.1) is 14.2 Å². The molecule has 2 N–H and O–H groups in total. The Morgan fingerprint density at radius 1 is 0.833 bits per heavy atom. The molecule has 0 unspecified atom stereocenters. The van der Waals surface area contributed by atoms with Crippen LogP contribution in [0.25, 0.3) is 12.2 Å². The molecule has 0 aliphatic carbocycles. The number of hydrogen-bond acceptors (Lipinski definition) is 6. The first-order valence-electron chi connectivity index (χ1n) is 7.24. The molecular weight excluding hydrogens is 312 g/mol. The Bertz CT molecular complexity index is 682. The lowest BCUT2D eigenvalue weighted by Crippen LogP contribution is -2.05. The lowest BCUT2D eigenvalue weighted by atomic mass is 10.1. The minimum absolute atomic E-state index is 0.154. The first-order valence-corrected chi connectivity index (χ1v) is 7.24. The predicted octanol–water partition coefficient (Wildman–Crippen LogP) is 2.53. The van der Waals surface area contributed by atoms with Gasteiger partial charge in [-0.1, -0.05) is 42.5 Å². The molecule has 0 fully saturated rings. The number of rotatable bonds is 8. The Labute approximate surface area is 140 Å². The van der Waals surface area contributed by atoms with Crippen molar-refractivity contribution in [1.82, 2.24) is 0 Å². The average Bonchev–Trinajstić information content (AvgIpc) is 2.62. The molecule has 0 saturated heterocycles. The smallest absolute Gasteiger partial charge is 0.210 e. The molecular formula is C18H20O6. The zero-order valence-electron chi connectivity index (χ0n) is 13.6. The van der Waals surface area contributed by atoms with Crippen LogP contribution in [0, 0.1) is 0 Å². The van der Waals surface area contributed by atoms with Crippen molar-refractivity contribution >= 4 is 12.2 Å². The number of benzene rings is 2. The van der Waals surface area contributed by atoms with Crippen LogP contribution in [0.2, 0.25) is 0 Å². The first-order chi connectivity index (χ1) is 11.7. The van der Waals surface area contributed by atoms with Gasteiger partial charge < -0.3 is 29.2 Å². The second-order valence-electron chi connectivity index (χ2n) is 4.65. The van der Waals surface area contributed by atoms with Crippen molar-refractivity contribution in [2.75, 3.05) is 27.8 Å².